The van der Waals surface area contributed by atoms with Crippen molar-refractivity contribution < 1.29 is 109 Å². The SMILES string of the molecule is [NH-]C(=O)C[N-]CC(=O)[O-].[NH-]C(=O)C[N-]CC(=O)[O-].[Na+].[Na+].[Pd]. The molecule has 13 heteroatoms. The topological polar surface area (TPSA) is 190 Å². The predicted molar refractivity (Wildman–Crippen MR) is 54.9 cm³/mol. The Balaban J connectivity index is -0.0000000711. The van der Waals surface area contributed by atoms with Gasteiger partial charge in [-0.05, 0) is 0 Å². The summed E-state index contributed by atoms with van der Waals surface area (Å²) in [4.78, 5) is 38.8. The van der Waals surface area contributed by atoms with E-state index in [1.54, 1.807) is 0 Å². The Morgan fingerprint density at radius 1 is 0.714 bits per heavy atom. The van der Waals surface area contributed by atoms with Crippen molar-refractivity contribution in [2.24, 2.45) is 0 Å². The minimum Gasteiger partial charge on any atom is -0.669 e. The number of carbonyl (C=O) groups excluding carboxylic acids is 4. The van der Waals surface area contributed by atoms with Crippen molar-refractivity contribution >= 4 is 23.8 Å². The molecule has 0 aromatic rings. The summed E-state index contributed by atoms with van der Waals surface area (Å²) in [6.07, 6.45) is 0. The Bertz CT molecular complexity index is 263. The molecule has 0 radical (unpaired) electrons. The van der Waals surface area contributed by atoms with Crippen LogP contribution in [0.1, 0.15) is 0 Å². The summed E-state index contributed by atoms with van der Waals surface area (Å²) in [5.74, 6) is -4.46. The number of aliphatic carboxylic acids is 2. The van der Waals surface area contributed by atoms with Gasteiger partial charge in [-0.1, -0.05) is 0 Å². The van der Waals surface area contributed by atoms with E-state index in [2.05, 4.69) is 10.6 Å². The van der Waals surface area contributed by atoms with E-state index in [-0.39, 0.29) is 92.6 Å². The van der Waals surface area contributed by atoms with Crippen LogP contribution in [0.2, 0.25) is 0 Å². The number of hydrogen-bond acceptors (Lipinski definition) is 6. The molecule has 0 saturated heterocycles. The summed E-state index contributed by atoms with van der Waals surface area (Å²) >= 11 is 0. The largest absolute Gasteiger partial charge is 1.00 e. The zero-order valence-electron chi connectivity index (χ0n) is 11.5. The molecule has 0 heterocycles. The van der Waals surface area contributed by atoms with E-state index in [1.165, 1.54) is 0 Å². The van der Waals surface area contributed by atoms with Crippen molar-refractivity contribution in [1.29, 1.82) is 0 Å². The molecule has 0 saturated carbocycles. The molecule has 0 aliphatic rings. The van der Waals surface area contributed by atoms with Gasteiger partial charge in [0.05, 0.1) is 0 Å². The third-order valence-corrected chi connectivity index (χ3v) is 0.993. The van der Waals surface area contributed by atoms with Gasteiger partial charge in [0.15, 0.2) is 0 Å². The number of amides is 2. The monoisotopic (exact) mass is 410 g/mol. The van der Waals surface area contributed by atoms with Gasteiger partial charge in [0.25, 0.3) is 0 Å². The molecule has 0 unspecified atom stereocenters. The second-order valence-corrected chi connectivity index (χ2v) is 2.67. The minimum absolute atomic E-state index is 0. The summed E-state index contributed by atoms with van der Waals surface area (Å²) in [5, 5.41) is 25.5. The molecule has 0 aliphatic heterocycles. The summed E-state index contributed by atoms with van der Waals surface area (Å²) in [6.45, 7) is -1.75. The maximum Gasteiger partial charge on any atom is 1.00 e. The predicted octanol–water partition coefficient (Wildman–Crippen LogP) is -8.62. The van der Waals surface area contributed by atoms with Crippen LogP contribution in [0.15, 0.2) is 0 Å². The molecular formula is C8H10N4Na2O6Pd-4. The van der Waals surface area contributed by atoms with Gasteiger partial charge >= 0.3 is 59.1 Å². The first kappa shape index (κ1) is 33.2. The van der Waals surface area contributed by atoms with Crippen molar-refractivity contribution in [3.63, 3.8) is 0 Å². The second kappa shape index (κ2) is 22.7. The summed E-state index contributed by atoms with van der Waals surface area (Å²) in [6, 6.07) is 0. The van der Waals surface area contributed by atoms with Gasteiger partial charge in [-0.3, -0.25) is 0 Å². The van der Waals surface area contributed by atoms with Crippen molar-refractivity contribution in [2.75, 3.05) is 26.2 Å². The van der Waals surface area contributed by atoms with Crippen LogP contribution in [0, 0.1) is 0 Å². The van der Waals surface area contributed by atoms with E-state index in [9.17, 15) is 29.4 Å². The summed E-state index contributed by atoms with van der Waals surface area (Å²) in [7, 11) is 0. The summed E-state index contributed by atoms with van der Waals surface area (Å²) in [5.41, 5.74) is 12.6. The number of carboxylic acids is 2. The van der Waals surface area contributed by atoms with Crippen molar-refractivity contribution in [2.45, 2.75) is 0 Å². The fourth-order valence-electron chi connectivity index (χ4n) is 0.497. The minimum atomic E-state index is -1.34. The third kappa shape index (κ3) is 44.9. The smallest absolute Gasteiger partial charge is 0.669 e. The van der Waals surface area contributed by atoms with E-state index in [0.29, 0.717) is 0 Å². The van der Waals surface area contributed by atoms with Crippen LogP contribution < -0.4 is 69.3 Å². The molecule has 0 aliphatic carbocycles. The van der Waals surface area contributed by atoms with E-state index in [1.807, 2.05) is 0 Å². The van der Waals surface area contributed by atoms with E-state index in [4.69, 9.17) is 11.5 Å². The van der Waals surface area contributed by atoms with Gasteiger partial charge in [-0.25, -0.2) is 0 Å². The first-order valence-electron chi connectivity index (χ1n) is 4.40. The van der Waals surface area contributed by atoms with Gasteiger partial charge in [-0.15, -0.1) is 26.2 Å². The number of nitrogens with zero attached hydrogens (tertiary/aromatic N) is 2. The number of hydrogen-bond donors (Lipinski definition) is 0. The van der Waals surface area contributed by atoms with Crippen molar-refractivity contribution in [3.05, 3.63) is 22.1 Å². The summed E-state index contributed by atoms with van der Waals surface area (Å²) < 4.78 is 0. The van der Waals surface area contributed by atoms with E-state index in [0.717, 1.165) is 0 Å². The number of carbonyl (C=O) groups is 4. The number of rotatable bonds is 8. The average Bonchev–Trinajstić information content (AvgIpc) is 2.15. The molecule has 10 nitrogen and oxygen atoms in total. The van der Waals surface area contributed by atoms with Gasteiger partial charge < -0.3 is 51.5 Å². The Labute approximate surface area is 179 Å². The van der Waals surface area contributed by atoms with E-state index < -0.39 is 36.8 Å². The normalized spacial score (nSPS) is 7.62. The van der Waals surface area contributed by atoms with Crippen LogP contribution in [0.3, 0.4) is 0 Å². The quantitative estimate of drug-likeness (QED) is 0.357. The molecule has 2 N–H and O–H groups in total. The number of nitrogens with one attached hydrogen (secondary N) is 2. The fraction of sp³-hybridized carbons (Fsp3) is 0.500. The molecule has 0 rings (SSSR count). The standard InChI is InChI=1S/2C4H7N2O3.2Na.Pd/c2*5-3(7)1-6-2-4(8)9;;;/h2*1-2H2,(H3,5,7,8,9);;;/q2*-1;2*+1;/p-4. The van der Waals surface area contributed by atoms with Crippen molar-refractivity contribution in [3.8, 4) is 0 Å². The average molecular weight is 411 g/mol. The van der Waals surface area contributed by atoms with Crippen molar-refractivity contribution in [1.82, 2.24) is 0 Å². The molecule has 0 bridgehead atoms. The molecule has 21 heavy (non-hydrogen) atoms. The Kier molecular flexibility index (Phi) is 35.9. The maximum absolute atomic E-state index is 9.78. The number of carboxylic acid groups (broad SMARTS) is 2. The zero-order chi connectivity index (χ0) is 14.6. The van der Waals surface area contributed by atoms with Crippen LogP contribution in [0.4, 0.5) is 0 Å². The van der Waals surface area contributed by atoms with Crippen LogP contribution in [0.5, 0.6) is 0 Å². The molecule has 2 amide bonds. The van der Waals surface area contributed by atoms with Crippen LogP contribution >= 0.6 is 0 Å². The molecule has 0 aromatic heterocycles. The molecule has 114 valence electrons. The molecule has 0 spiro atoms. The van der Waals surface area contributed by atoms with Crippen LogP contribution in [-0.2, 0) is 39.6 Å². The second-order valence-electron chi connectivity index (χ2n) is 2.67. The molecule has 0 fully saturated rings. The van der Waals surface area contributed by atoms with Crippen LogP contribution in [0.25, 0.3) is 22.1 Å². The Hall–Kier alpha value is 0.462. The third-order valence-electron chi connectivity index (χ3n) is 0.993. The molecule has 0 aromatic carbocycles. The Morgan fingerprint density at radius 3 is 1.10 bits per heavy atom. The molecular weight excluding hydrogens is 401 g/mol. The van der Waals surface area contributed by atoms with Gasteiger partial charge in [-0.2, -0.15) is 0 Å². The first-order valence-corrected chi connectivity index (χ1v) is 4.40. The molecule has 0 atom stereocenters. The van der Waals surface area contributed by atoms with Crippen LogP contribution in [-0.4, -0.2) is 49.9 Å². The fourth-order valence-corrected chi connectivity index (χ4v) is 0.497. The first-order chi connectivity index (χ1) is 8.25. The zero-order valence-corrected chi connectivity index (χ0v) is 17.0. The van der Waals surface area contributed by atoms with Gasteiger partial charge in [0.1, 0.15) is 0 Å². The Morgan fingerprint density at radius 2 is 0.952 bits per heavy atom. The van der Waals surface area contributed by atoms with E-state index >= 15 is 0 Å². The van der Waals surface area contributed by atoms with Gasteiger partial charge in [0, 0.05) is 44.2 Å². The maximum atomic E-state index is 9.78. The van der Waals surface area contributed by atoms with Gasteiger partial charge in [0.2, 0.25) is 0 Å².